The Hall–Kier alpha value is -6.32. The van der Waals surface area contributed by atoms with Crippen LogP contribution in [0, 0.1) is 27.7 Å². The van der Waals surface area contributed by atoms with Crippen molar-refractivity contribution in [2.75, 3.05) is 33.9 Å². The number of nitrogens with one attached hydrogen (secondary N) is 2. The molecule has 6 aromatic carbocycles. The number of benzene rings is 6. The molecule has 0 aromatic heterocycles. The van der Waals surface area contributed by atoms with Crippen LogP contribution in [0.1, 0.15) is 87.4 Å². The topological polar surface area (TPSA) is 151 Å². The quantitative estimate of drug-likeness (QED) is 0.0809. The average molecular weight is 1010 g/mol. The standard InChI is InChI=1S/2C29H34N2O4S/c1-21-19-25(20-27(35-3)22(21)2)36(33,34)31-18-16-24-14-7-8-15-26(24)28(31)29(32)30-17-10-9-13-23-11-5-4-6-12-23;1-21-17-26(19-28(35-3)22(21)2)36(33,34)31-20-25-15-8-7-14-24(25)18-27(31)29(32)30-16-10-9-13-23-11-5-4-6-12-23/h4-8,11-12,14-15,19-20,28H,9-10,13,16-18H2,1-3H3,(H,30,32);4-8,11-12,14-15,17,19,27H,9-10,13,16,18,20H2,1-3H3,(H,30,32)/t28-;27-/m00/s1. The van der Waals surface area contributed by atoms with Crippen LogP contribution < -0.4 is 20.1 Å². The van der Waals surface area contributed by atoms with E-state index in [1.54, 1.807) is 24.3 Å². The normalized spacial score (nSPS) is 15.8. The van der Waals surface area contributed by atoms with Crippen LogP contribution >= 0.6 is 0 Å². The van der Waals surface area contributed by atoms with Crippen molar-refractivity contribution < 1.29 is 35.9 Å². The van der Waals surface area contributed by atoms with Gasteiger partial charge in [-0.2, -0.15) is 8.61 Å². The second-order valence-corrected chi connectivity index (χ2v) is 22.4. The van der Waals surface area contributed by atoms with Crippen LogP contribution in [0.25, 0.3) is 0 Å². The van der Waals surface area contributed by atoms with E-state index >= 15 is 0 Å². The van der Waals surface area contributed by atoms with E-state index < -0.39 is 32.1 Å². The third-order valence-electron chi connectivity index (χ3n) is 13.9. The molecule has 0 unspecified atom stereocenters. The number of unbranched alkanes of at least 4 members (excludes halogenated alkanes) is 2. The molecular weight excluding hydrogens is 945 g/mol. The van der Waals surface area contributed by atoms with Crippen molar-refractivity contribution >= 4 is 31.9 Å². The van der Waals surface area contributed by atoms with Gasteiger partial charge in [0.25, 0.3) is 0 Å². The molecule has 14 heteroatoms. The Labute approximate surface area is 426 Å². The lowest BCUT2D eigenvalue weighted by Crippen LogP contribution is -2.52. The Morgan fingerprint density at radius 1 is 0.556 bits per heavy atom. The Kier molecular flexibility index (Phi) is 18.1. The third kappa shape index (κ3) is 12.6. The molecule has 2 heterocycles. The largest absolute Gasteiger partial charge is 0.496 e. The maximum absolute atomic E-state index is 13.9. The summed E-state index contributed by atoms with van der Waals surface area (Å²) in [4.78, 5) is 27.1. The molecule has 0 spiro atoms. The van der Waals surface area contributed by atoms with E-state index in [1.165, 1.54) is 34.0 Å². The fourth-order valence-corrected chi connectivity index (χ4v) is 12.8. The third-order valence-corrected chi connectivity index (χ3v) is 17.6. The van der Waals surface area contributed by atoms with Gasteiger partial charge in [-0.05, 0) is 147 Å². The molecule has 8 rings (SSSR count). The maximum Gasteiger partial charge on any atom is 0.244 e. The van der Waals surface area contributed by atoms with E-state index in [0.717, 1.165) is 83.0 Å². The lowest BCUT2D eigenvalue weighted by Gasteiger charge is -2.35. The molecule has 2 atom stereocenters. The zero-order valence-electron chi connectivity index (χ0n) is 42.3. The van der Waals surface area contributed by atoms with Gasteiger partial charge in [0.2, 0.25) is 31.9 Å². The summed E-state index contributed by atoms with van der Waals surface area (Å²) in [5.74, 6) is 0.487. The van der Waals surface area contributed by atoms with E-state index in [4.69, 9.17) is 9.47 Å². The molecule has 0 saturated carbocycles. The van der Waals surface area contributed by atoms with Crippen molar-refractivity contribution in [1.82, 2.24) is 19.2 Å². The van der Waals surface area contributed by atoms with Crippen LogP contribution in [-0.2, 0) is 61.9 Å². The van der Waals surface area contributed by atoms with Crippen LogP contribution in [-0.4, -0.2) is 77.2 Å². The van der Waals surface area contributed by atoms with Crippen LogP contribution in [0.3, 0.4) is 0 Å². The predicted molar refractivity (Wildman–Crippen MR) is 283 cm³/mol. The molecule has 2 aliphatic rings. The van der Waals surface area contributed by atoms with Gasteiger partial charge >= 0.3 is 0 Å². The van der Waals surface area contributed by atoms with E-state index in [0.29, 0.717) is 37.4 Å². The molecule has 380 valence electrons. The van der Waals surface area contributed by atoms with Crippen LogP contribution in [0.15, 0.2) is 143 Å². The summed E-state index contributed by atoms with van der Waals surface area (Å²) in [6, 6.07) is 40.5. The van der Waals surface area contributed by atoms with Crippen molar-refractivity contribution in [2.45, 2.75) is 107 Å². The van der Waals surface area contributed by atoms with Gasteiger partial charge in [0.1, 0.15) is 23.6 Å². The van der Waals surface area contributed by atoms with Crippen molar-refractivity contribution in [3.63, 3.8) is 0 Å². The lowest BCUT2D eigenvalue weighted by atomic mass is 9.94. The van der Waals surface area contributed by atoms with Crippen molar-refractivity contribution in [3.05, 3.63) is 189 Å². The summed E-state index contributed by atoms with van der Waals surface area (Å²) in [7, 11) is -4.84. The van der Waals surface area contributed by atoms with Crippen molar-refractivity contribution in [3.8, 4) is 11.5 Å². The fraction of sp³-hybridized carbons (Fsp3) is 0.345. The fourth-order valence-electron chi connectivity index (χ4n) is 9.47. The molecule has 72 heavy (non-hydrogen) atoms. The maximum atomic E-state index is 13.9. The van der Waals surface area contributed by atoms with E-state index in [2.05, 4.69) is 34.9 Å². The number of carbonyl (C=O) groups is 2. The molecule has 0 aliphatic carbocycles. The van der Waals surface area contributed by atoms with Gasteiger partial charge in [-0.3, -0.25) is 9.59 Å². The molecule has 2 aliphatic heterocycles. The van der Waals surface area contributed by atoms with Crippen LogP contribution in [0.4, 0.5) is 0 Å². The predicted octanol–water partition coefficient (Wildman–Crippen LogP) is 9.31. The number of methoxy groups -OCH3 is 2. The Balaban J connectivity index is 0.000000211. The number of hydrogen-bond acceptors (Lipinski definition) is 8. The highest BCUT2D eigenvalue weighted by Crippen LogP contribution is 2.37. The first-order valence-corrected chi connectivity index (χ1v) is 27.6. The van der Waals surface area contributed by atoms with E-state index in [9.17, 15) is 26.4 Å². The SMILES string of the molecule is COc1cc(S(=O)(=O)N2CCc3ccccc3[C@H]2C(=O)NCCCCc2ccccc2)cc(C)c1C.COc1cc(S(=O)(=O)N2Cc3ccccc3C[C@H]2C(=O)NCCCCc2ccccc2)cc(C)c1C. The number of hydrogen-bond donors (Lipinski definition) is 2. The second kappa shape index (κ2) is 24.4. The first-order valence-electron chi connectivity index (χ1n) is 24.8. The second-order valence-electron chi connectivity index (χ2n) is 18.6. The summed E-state index contributed by atoms with van der Waals surface area (Å²) in [5.41, 5.74) is 9.65. The zero-order chi connectivity index (χ0) is 51.4. The van der Waals surface area contributed by atoms with Gasteiger partial charge < -0.3 is 20.1 Å². The molecule has 0 radical (unpaired) electrons. The van der Waals surface area contributed by atoms with Gasteiger partial charge in [-0.25, -0.2) is 16.8 Å². The molecule has 6 aromatic rings. The first-order chi connectivity index (χ1) is 34.6. The zero-order valence-corrected chi connectivity index (χ0v) is 44.0. The number of rotatable bonds is 18. The highest BCUT2D eigenvalue weighted by atomic mass is 32.2. The number of ether oxygens (including phenoxy) is 2. The summed E-state index contributed by atoms with van der Waals surface area (Å²) in [6.45, 7) is 8.92. The molecule has 0 saturated heterocycles. The summed E-state index contributed by atoms with van der Waals surface area (Å²) in [5, 5.41) is 6.00. The number of fused-ring (bicyclic) bond motifs is 2. The van der Waals surface area contributed by atoms with Crippen LogP contribution in [0.5, 0.6) is 11.5 Å². The van der Waals surface area contributed by atoms with Crippen molar-refractivity contribution in [1.29, 1.82) is 0 Å². The molecular formula is C58H68N4O8S2. The monoisotopic (exact) mass is 1010 g/mol. The number of carbonyl (C=O) groups excluding carboxylic acids is 2. The van der Waals surface area contributed by atoms with E-state index in [1.807, 2.05) is 113 Å². The lowest BCUT2D eigenvalue weighted by molar-refractivity contribution is -0.126. The minimum Gasteiger partial charge on any atom is -0.496 e. The minimum absolute atomic E-state index is 0.141. The molecule has 2 N–H and O–H groups in total. The molecule has 2 amide bonds. The first kappa shape index (κ1) is 53.5. The Morgan fingerprint density at radius 2 is 1.01 bits per heavy atom. The summed E-state index contributed by atoms with van der Waals surface area (Å²) < 4.78 is 69.0. The Bertz CT molecular complexity index is 2970. The highest BCUT2D eigenvalue weighted by Gasteiger charge is 2.42. The summed E-state index contributed by atoms with van der Waals surface area (Å²) >= 11 is 0. The average Bonchev–Trinajstić information content (AvgIpc) is 3.39. The van der Waals surface area contributed by atoms with E-state index in [-0.39, 0.29) is 34.7 Å². The Morgan fingerprint density at radius 3 is 1.54 bits per heavy atom. The highest BCUT2D eigenvalue weighted by molar-refractivity contribution is 7.89. The molecule has 0 fully saturated rings. The number of nitrogens with zero attached hydrogens (tertiary/aromatic N) is 2. The molecule has 12 nitrogen and oxygen atoms in total. The number of sulfonamides is 2. The minimum atomic E-state index is -3.95. The molecule has 0 bridgehead atoms. The van der Waals surface area contributed by atoms with Gasteiger partial charge in [-0.15, -0.1) is 0 Å². The van der Waals surface area contributed by atoms with Gasteiger partial charge in [-0.1, -0.05) is 109 Å². The van der Waals surface area contributed by atoms with Gasteiger partial charge in [0.15, 0.2) is 0 Å². The smallest absolute Gasteiger partial charge is 0.244 e. The van der Waals surface area contributed by atoms with Gasteiger partial charge in [0, 0.05) is 38.3 Å². The summed E-state index contributed by atoms with van der Waals surface area (Å²) in [6.07, 6.45) is 6.31. The number of aryl methyl sites for hydroxylation is 4. The van der Waals surface area contributed by atoms with Crippen molar-refractivity contribution in [2.24, 2.45) is 0 Å². The van der Waals surface area contributed by atoms with Gasteiger partial charge in [0.05, 0.1) is 24.0 Å². The van der Waals surface area contributed by atoms with Crippen LogP contribution in [0.2, 0.25) is 0 Å². The number of amides is 2.